The van der Waals surface area contributed by atoms with Crippen molar-refractivity contribution in [2.75, 3.05) is 13.2 Å². The molecule has 1 atom stereocenters. The van der Waals surface area contributed by atoms with Gasteiger partial charge in [-0.15, -0.1) is 0 Å². The summed E-state index contributed by atoms with van der Waals surface area (Å²) in [5.74, 6) is 0.371. The van der Waals surface area contributed by atoms with Gasteiger partial charge < -0.3 is 14.1 Å². The molecule has 1 aliphatic heterocycles. The lowest BCUT2D eigenvalue weighted by Crippen LogP contribution is -2.46. The smallest absolute Gasteiger partial charge is 0.349 e. The average molecular weight is 363 g/mol. The van der Waals surface area contributed by atoms with Gasteiger partial charge in [-0.25, -0.2) is 4.79 Å². The highest BCUT2D eigenvalue weighted by Gasteiger charge is 2.35. The molecule has 1 unspecified atom stereocenters. The fourth-order valence-corrected chi connectivity index (χ4v) is 3.36. The van der Waals surface area contributed by atoms with E-state index in [1.807, 2.05) is 49.4 Å². The number of amides is 1. The molecule has 2 heterocycles. The molecular formula is C22H21NO4. The van der Waals surface area contributed by atoms with Gasteiger partial charge in [-0.05, 0) is 36.6 Å². The van der Waals surface area contributed by atoms with E-state index in [0.717, 1.165) is 18.4 Å². The van der Waals surface area contributed by atoms with Crippen molar-refractivity contribution in [1.29, 1.82) is 0 Å². The Hall–Kier alpha value is -3.08. The second-order valence-corrected chi connectivity index (χ2v) is 6.71. The topological polar surface area (TPSA) is 59.8 Å². The number of carbonyl (C=O) groups is 1. The predicted molar refractivity (Wildman–Crippen MR) is 103 cm³/mol. The second-order valence-electron chi connectivity index (χ2n) is 6.71. The first-order valence-electron chi connectivity index (χ1n) is 9.24. The third kappa shape index (κ3) is 3.33. The number of benzene rings is 2. The van der Waals surface area contributed by atoms with Crippen molar-refractivity contribution in [2.24, 2.45) is 0 Å². The van der Waals surface area contributed by atoms with E-state index in [1.54, 1.807) is 17.0 Å². The first-order valence-corrected chi connectivity index (χ1v) is 9.24. The number of carbonyl (C=O) groups excluding carboxylic acids is 1. The summed E-state index contributed by atoms with van der Waals surface area (Å²) in [7, 11) is 0. The third-order valence-corrected chi connectivity index (χ3v) is 4.88. The maximum Gasteiger partial charge on any atom is 0.349 e. The van der Waals surface area contributed by atoms with E-state index in [2.05, 4.69) is 0 Å². The van der Waals surface area contributed by atoms with E-state index in [-0.39, 0.29) is 17.5 Å². The molecule has 0 aliphatic carbocycles. The Labute approximate surface area is 157 Å². The molecule has 5 nitrogen and oxygen atoms in total. The Kier molecular flexibility index (Phi) is 4.67. The van der Waals surface area contributed by atoms with Crippen LogP contribution in [0.4, 0.5) is 0 Å². The molecule has 3 aromatic rings. The average Bonchev–Trinajstić information content (AvgIpc) is 2.65. The molecule has 0 radical (unpaired) electrons. The SMILES string of the molecule is CCCOc1ccc2cc(C(=O)N3CCC3c3ccccc3)c(=O)oc2c1. The molecule has 1 aromatic heterocycles. The zero-order valence-corrected chi connectivity index (χ0v) is 15.2. The largest absolute Gasteiger partial charge is 0.493 e. The van der Waals surface area contributed by atoms with Gasteiger partial charge in [-0.2, -0.15) is 0 Å². The predicted octanol–water partition coefficient (Wildman–Crippen LogP) is 4.17. The minimum absolute atomic E-state index is 0.0126. The zero-order valence-electron chi connectivity index (χ0n) is 15.2. The summed E-state index contributed by atoms with van der Waals surface area (Å²) in [5, 5.41) is 0.707. The molecule has 1 saturated heterocycles. The van der Waals surface area contributed by atoms with Gasteiger partial charge in [-0.1, -0.05) is 37.3 Å². The molecule has 1 amide bonds. The van der Waals surface area contributed by atoms with Gasteiger partial charge in [0.2, 0.25) is 0 Å². The van der Waals surface area contributed by atoms with Crippen LogP contribution in [0.25, 0.3) is 11.0 Å². The third-order valence-electron chi connectivity index (χ3n) is 4.88. The van der Waals surface area contributed by atoms with Gasteiger partial charge in [0.15, 0.2) is 0 Å². The fourth-order valence-electron chi connectivity index (χ4n) is 3.36. The molecule has 0 saturated carbocycles. The highest BCUT2D eigenvalue weighted by Crippen LogP contribution is 2.34. The lowest BCUT2D eigenvalue weighted by atomic mass is 9.94. The molecule has 5 heteroatoms. The fraction of sp³-hybridized carbons (Fsp3) is 0.273. The summed E-state index contributed by atoms with van der Waals surface area (Å²) >= 11 is 0. The van der Waals surface area contributed by atoms with Crippen molar-refractivity contribution in [3.8, 4) is 5.75 Å². The number of hydrogen-bond acceptors (Lipinski definition) is 4. The molecule has 138 valence electrons. The Morgan fingerprint density at radius 2 is 2.00 bits per heavy atom. The van der Waals surface area contributed by atoms with Crippen LogP contribution >= 0.6 is 0 Å². The zero-order chi connectivity index (χ0) is 18.8. The van der Waals surface area contributed by atoms with E-state index in [1.165, 1.54) is 0 Å². The number of fused-ring (bicyclic) bond motifs is 1. The van der Waals surface area contributed by atoms with Crippen LogP contribution in [0, 0.1) is 0 Å². The Morgan fingerprint density at radius 1 is 1.19 bits per heavy atom. The summed E-state index contributed by atoms with van der Waals surface area (Å²) in [6.45, 7) is 3.26. The van der Waals surface area contributed by atoms with Crippen molar-refractivity contribution in [2.45, 2.75) is 25.8 Å². The number of nitrogens with zero attached hydrogens (tertiary/aromatic N) is 1. The molecule has 1 aliphatic rings. The quantitative estimate of drug-likeness (QED) is 0.639. The molecule has 27 heavy (non-hydrogen) atoms. The normalized spacial score (nSPS) is 16.2. The highest BCUT2D eigenvalue weighted by molar-refractivity contribution is 5.97. The Balaban J connectivity index is 1.62. The minimum atomic E-state index is -0.612. The number of ether oxygens (including phenoxy) is 1. The van der Waals surface area contributed by atoms with Crippen molar-refractivity contribution in [3.63, 3.8) is 0 Å². The Morgan fingerprint density at radius 3 is 2.70 bits per heavy atom. The molecule has 0 spiro atoms. The summed E-state index contributed by atoms with van der Waals surface area (Å²) < 4.78 is 11.0. The van der Waals surface area contributed by atoms with Gasteiger partial charge in [0.1, 0.15) is 16.9 Å². The first-order chi connectivity index (χ1) is 13.2. The first kappa shape index (κ1) is 17.3. The number of likely N-dealkylation sites (tertiary alicyclic amines) is 1. The van der Waals surface area contributed by atoms with E-state index in [4.69, 9.17) is 9.15 Å². The maximum absolute atomic E-state index is 12.9. The van der Waals surface area contributed by atoms with Gasteiger partial charge in [0.05, 0.1) is 12.6 Å². The van der Waals surface area contributed by atoms with E-state index in [0.29, 0.717) is 29.9 Å². The maximum atomic E-state index is 12.9. The molecule has 1 fully saturated rings. The van der Waals surface area contributed by atoms with Crippen LogP contribution in [0.3, 0.4) is 0 Å². The van der Waals surface area contributed by atoms with Crippen molar-refractivity contribution >= 4 is 16.9 Å². The molecular weight excluding hydrogens is 342 g/mol. The summed E-state index contributed by atoms with van der Waals surface area (Å²) in [5.41, 5.74) is 0.970. The van der Waals surface area contributed by atoms with Crippen molar-refractivity contribution < 1.29 is 13.9 Å². The van der Waals surface area contributed by atoms with Crippen LogP contribution in [-0.2, 0) is 0 Å². The van der Waals surface area contributed by atoms with Gasteiger partial charge in [0.25, 0.3) is 5.91 Å². The van der Waals surface area contributed by atoms with Gasteiger partial charge in [-0.3, -0.25) is 4.79 Å². The second kappa shape index (κ2) is 7.27. The lowest BCUT2D eigenvalue weighted by Gasteiger charge is -2.41. The van der Waals surface area contributed by atoms with E-state index >= 15 is 0 Å². The van der Waals surface area contributed by atoms with Crippen LogP contribution in [0.1, 0.15) is 41.7 Å². The van der Waals surface area contributed by atoms with Gasteiger partial charge in [0, 0.05) is 18.0 Å². The van der Waals surface area contributed by atoms with E-state index in [9.17, 15) is 9.59 Å². The van der Waals surface area contributed by atoms with Crippen LogP contribution in [0.5, 0.6) is 5.75 Å². The standard InChI is InChI=1S/C22H21NO4/c1-2-12-26-17-9-8-16-13-18(22(25)27-20(16)14-17)21(24)23-11-10-19(23)15-6-4-3-5-7-15/h3-9,13-14,19H,2,10-12H2,1H3. The molecule has 2 aromatic carbocycles. The van der Waals surface area contributed by atoms with E-state index < -0.39 is 5.63 Å². The molecule has 0 bridgehead atoms. The lowest BCUT2D eigenvalue weighted by molar-refractivity contribution is 0.0456. The molecule has 4 rings (SSSR count). The van der Waals surface area contributed by atoms with Crippen molar-refractivity contribution in [1.82, 2.24) is 4.90 Å². The minimum Gasteiger partial charge on any atom is -0.493 e. The van der Waals surface area contributed by atoms with Crippen LogP contribution in [-0.4, -0.2) is 24.0 Å². The van der Waals surface area contributed by atoms with Crippen LogP contribution in [0.2, 0.25) is 0 Å². The van der Waals surface area contributed by atoms with Crippen molar-refractivity contribution in [3.05, 3.63) is 76.1 Å². The summed E-state index contributed by atoms with van der Waals surface area (Å²) in [6, 6.07) is 16.8. The highest BCUT2D eigenvalue weighted by atomic mass is 16.5. The molecule has 0 N–H and O–H groups in total. The summed E-state index contributed by atoms with van der Waals surface area (Å²) in [4.78, 5) is 27.1. The van der Waals surface area contributed by atoms with Crippen LogP contribution in [0.15, 0.2) is 63.8 Å². The summed E-state index contributed by atoms with van der Waals surface area (Å²) in [6.07, 6.45) is 1.79. The van der Waals surface area contributed by atoms with Gasteiger partial charge >= 0.3 is 5.63 Å². The van der Waals surface area contributed by atoms with Crippen LogP contribution < -0.4 is 10.4 Å². The Bertz CT molecular complexity index is 1030. The monoisotopic (exact) mass is 363 g/mol. The number of hydrogen-bond donors (Lipinski definition) is 0. The number of rotatable bonds is 5.